The first kappa shape index (κ1) is 14.2. The Hall–Kier alpha value is -1.80. The van der Waals surface area contributed by atoms with Crippen molar-refractivity contribution in [3.8, 4) is 0 Å². The molecule has 0 atom stereocenters. The molecule has 3 rings (SSSR count). The van der Waals surface area contributed by atoms with Crippen molar-refractivity contribution in [2.24, 2.45) is 0 Å². The second kappa shape index (κ2) is 5.53. The summed E-state index contributed by atoms with van der Waals surface area (Å²) in [6, 6.07) is 15.6. The maximum Gasteiger partial charge on any atom is 0.251 e. The topological polar surface area (TPSA) is 29.1 Å². The van der Waals surface area contributed by atoms with Crippen LogP contribution in [0.25, 0.3) is 0 Å². The number of halogens is 1. The summed E-state index contributed by atoms with van der Waals surface area (Å²) in [5.41, 5.74) is 3.18. The van der Waals surface area contributed by atoms with Gasteiger partial charge in [-0.05, 0) is 49.6 Å². The van der Waals surface area contributed by atoms with Crippen LogP contribution in [0, 0.1) is 6.92 Å². The molecule has 108 valence electrons. The lowest BCUT2D eigenvalue weighted by Crippen LogP contribution is -2.32. The van der Waals surface area contributed by atoms with Crippen LogP contribution in [0.1, 0.15) is 34.3 Å². The van der Waals surface area contributed by atoms with Crippen molar-refractivity contribution in [3.63, 3.8) is 0 Å². The zero-order chi connectivity index (χ0) is 14.9. The van der Waals surface area contributed by atoms with Gasteiger partial charge >= 0.3 is 0 Å². The summed E-state index contributed by atoms with van der Waals surface area (Å²) < 4.78 is 0. The molecule has 1 N–H and O–H groups in total. The highest BCUT2D eigenvalue weighted by Crippen LogP contribution is 2.47. The van der Waals surface area contributed by atoms with E-state index in [-0.39, 0.29) is 11.3 Å². The van der Waals surface area contributed by atoms with Gasteiger partial charge < -0.3 is 5.32 Å². The number of rotatable bonds is 4. The highest BCUT2D eigenvalue weighted by molar-refractivity contribution is 6.30. The number of amides is 1. The molecule has 1 fully saturated rings. The van der Waals surface area contributed by atoms with Crippen LogP contribution < -0.4 is 5.32 Å². The Bertz CT molecular complexity index is 659. The molecule has 0 radical (unpaired) electrons. The predicted molar refractivity (Wildman–Crippen MR) is 85.9 cm³/mol. The Morgan fingerprint density at radius 2 is 1.90 bits per heavy atom. The van der Waals surface area contributed by atoms with Gasteiger partial charge in [0.25, 0.3) is 5.91 Å². The Kier molecular flexibility index (Phi) is 3.73. The molecular weight excluding hydrogens is 282 g/mol. The third kappa shape index (κ3) is 3.11. The van der Waals surface area contributed by atoms with Crippen molar-refractivity contribution in [1.82, 2.24) is 5.32 Å². The number of benzene rings is 2. The van der Waals surface area contributed by atoms with E-state index in [1.807, 2.05) is 43.3 Å². The molecule has 0 aromatic heterocycles. The largest absolute Gasteiger partial charge is 0.351 e. The first-order valence-electron chi connectivity index (χ1n) is 7.20. The SMILES string of the molecule is Cc1cccc(C(=O)NCC2(c3ccc(Cl)cc3)CC2)c1. The number of nitrogens with one attached hydrogen (secondary N) is 1. The van der Waals surface area contributed by atoms with Gasteiger partial charge in [-0.25, -0.2) is 0 Å². The third-order valence-corrected chi connectivity index (χ3v) is 4.43. The number of hydrogen-bond donors (Lipinski definition) is 1. The van der Waals surface area contributed by atoms with E-state index in [1.165, 1.54) is 5.56 Å². The predicted octanol–water partition coefficient (Wildman–Crippen LogP) is 4.11. The summed E-state index contributed by atoms with van der Waals surface area (Å²) in [4.78, 5) is 12.2. The number of hydrogen-bond acceptors (Lipinski definition) is 1. The lowest BCUT2D eigenvalue weighted by atomic mass is 9.96. The van der Waals surface area contributed by atoms with Gasteiger partial charge in [-0.2, -0.15) is 0 Å². The summed E-state index contributed by atoms with van der Waals surface area (Å²) in [5.74, 6) is -0.000983. The monoisotopic (exact) mass is 299 g/mol. The first-order chi connectivity index (χ1) is 10.1. The van der Waals surface area contributed by atoms with Gasteiger partial charge in [0.2, 0.25) is 0 Å². The highest BCUT2D eigenvalue weighted by Gasteiger charge is 2.44. The van der Waals surface area contributed by atoms with E-state index in [1.54, 1.807) is 0 Å². The molecule has 0 bridgehead atoms. The van der Waals surface area contributed by atoms with E-state index >= 15 is 0 Å². The fraction of sp³-hybridized carbons (Fsp3) is 0.278. The van der Waals surface area contributed by atoms with Crippen molar-refractivity contribution in [3.05, 3.63) is 70.2 Å². The molecule has 1 aliphatic carbocycles. The fourth-order valence-electron chi connectivity index (χ4n) is 2.66. The van der Waals surface area contributed by atoms with Gasteiger partial charge in [-0.15, -0.1) is 0 Å². The number of aryl methyl sites for hydroxylation is 1. The minimum absolute atomic E-state index is 0.000983. The van der Waals surface area contributed by atoms with Crippen LogP contribution in [0.5, 0.6) is 0 Å². The number of carbonyl (C=O) groups is 1. The standard InChI is InChI=1S/C18H18ClNO/c1-13-3-2-4-14(11-13)17(21)20-12-18(9-10-18)15-5-7-16(19)8-6-15/h2-8,11H,9-10,12H2,1H3,(H,20,21). The molecule has 2 nitrogen and oxygen atoms in total. The Morgan fingerprint density at radius 3 is 2.52 bits per heavy atom. The van der Waals surface area contributed by atoms with Crippen molar-refractivity contribution in [2.75, 3.05) is 6.54 Å². The average Bonchev–Trinajstić information content (AvgIpc) is 3.27. The smallest absolute Gasteiger partial charge is 0.251 e. The summed E-state index contributed by atoms with van der Waals surface area (Å²) >= 11 is 5.93. The van der Waals surface area contributed by atoms with Crippen LogP contribution in [0.15, 0.2) is 48.5 Å². The zero-order valence-electron chi connectivity index (χ0n) is 12.0. The van der Waals surface area contributed by atoms with Crippen LogP contribution in [0.2, 0.25) is 5.02 Å². The second-order valence-electron chi connectivity index (χ2n) is 5.84. The summed E-state index contributed by atoms with van der Waals surface area (Å²) in [7, 11) is 0. The average molecular weight is 300 g/mol. The molecule has 1 saturated carbocycles. The molecule has 0 aliphatic heterocycles. The van der Waals surface area contributed by atoms with Crippen LogP contribution in [-0.2, 0) is 5.41 Å². The van der Waals surface area contributed by atoms with E-state index < -0.39 is 0 Å². The maximum absolute atomic E-state index is 12.2. The quantitative estimate of drug-likeness (QED) is 0.904. The van der Waals surface area contributed by atoms with Crippen LogP contribution >= 0.6 is 11.6 Å². The zero-order valence-corrected chi connectivity index (χ0v) is 12.8. The van der Waals surface area contributed by atoms with E-state index in [0.29, 0.717) is 6.54 Å². The molecule has 0 spiro atoms. The van der Waals surface area contributed by atoms with E-state index in [2.05, 4.69) is 17.4 Å². The van der Waals surface area contributed by atoms with Crippen molar-refractivity contribution in [1.29, 1.82) is 0 Å². The Morgan fingerprint density at radius 1 is 1.19 bits per heavy atom. The lowest BCUT2D eigenvalue weighted by Gasteiger charge is -2.17. The minimum atomic E-state index is -0.000983. The van der Waals surface area contributed by atoms with E-state index in [0.717, 1.165) is 29.0 Å². The summed E-state index contributed by atoms with van der Waals surface area (Å²) in [6.07, 6.45) is 2.23. The van der Waals surface area contributed by atoms with E-state index in [9.17, 15) is 4.79 Å². The molecule has 0 unspecified atom stereocenters. The van der Waals surface area contributed by atoms with Crippen molar-refractivity contribution >= 4 is 17.5 Å². The van der Waals surface area contributed by atoms with Gasteiger partial charge in [0.05, 0.1) is 0 Å². The van der Waals surface area contributed by atoms with Gasteiger partial charge in [-0.3, -0.25) is 4.79 Å². The first-order valence-corrected chi connectivity index (χ1v) is 7.58. The molecule has 0 heterocycles. The molecular formula is C18H18ClNO. The molecule has 0 saturated heterocycles. The van der Waals surface area contributed by atoms with Gasteiger partial charge in [-0.1, -0.05) is 41.4 Å². The molecule has 3 heteroatoms. The second-order valence-corrected chi connectivity index (χ2v) is 6.28. The third-order valence-electron chi connectivity index (χ3n) is 4.18. The molecule has 2 aromatic carbocycles. The maximum atomic E-state index is 12.2. The van der Waals surface area contributed by atoms with Gasteiger partial charge in [0.1, 0.15) is 0 Å². The van der Waals surface area contributed by atoms with E-state index in [4.69, 9.17) is 11.6 Å². The van der Waals surface area contributed by atoms with Crippen molar-refractivity contribution < 1.29 is 4.79 Å². The van der Waals surface area contributed by atoms with Gasteiger partial charge in [0.15, 0.2) is 0 Å². The molecule has 1 aliphatic rings. The highest BCUT2D eigenvalue weighted by atomic mass is 35.5. The molecule has 2 aromatic rings. The lowest BCUT2D eigenvalue weighted by molar-refractivity contribution is 0.0949. The molecule has 21 heavy (non-hydrogen) atoms. The van der Waals surface area contributed by atoms with Crippen LogP contribution in [0.3, 0.4) is 0 Å². The Balaban J connectivity index is 1.67. The molecule has 1 amide bonds. The van der Waals surface area contributed by atoms with Crippen LogP contribution in [0.4, 0.5) is 0 Å². The Labute approximate surface area is 130 Å². The number of carbonyl (C=O) groups excluding carboxylic acids is 1. The summed E-state index contributed by atoms with van der Waals surface area (Å²) in [5, 5.41) is 3.82. The van der Waals surface area contributed by atoms with Gasteiger partial charge in [0, 0.05) is 22.5 Å². The van der Waals surface area contributed by atoms with Crippen molar-refractivity contribution in [2.45, 2.75) is 25.2 Å². The summed E-state index contributed by atoms with van der Waals surface area (Å²) in [6.45, 7) is 2.67. The normalized spacial score (nSPS) is 15.5. The van der Waals surface area contributed by atoms with Crippen LogP contribution in [-0.4, -0.2) is 12.5 Å². The minimum Gasteiger partial charge on any atom is -0.351 e. The fourth-order valence-corrected chi connectivity index (χ4v) is 2.79.